The maximum absolute atomic E-state index is 12.9. The van der Waals surface area contributed by atoms with Gasteiger partial charge in [-0.25, -0.2) is 9.97 Å². The summed E-state index contributed by atoms with van der Waals surface area (Å²) in [5.74, 6) is 1.14. The van der Waals surface area contributed by atoms with E-state index in [1.54, 1.807) is 6.33 Å². The van der Waals surface area contributed by atoms with Crippen molar-refractivity contribution >= 4 is 28.4 Å². The van der Waals surface area contributed by atoms with Crippen molar-refractivity contribution in [3.8, 4) is 11.3 Å². The van der Waals surface area contributed by atoms with Crippen LogP contribution < -0.4 is 15.5 Å². The van der Waals surface area contributed by atoms with Crippen molar-refractivity contribution in [1.29, 1.82) is 0 Å². The molecule has 0 aliphatic carbocycles. The van der Waals surface area contributed by atoms with Crippen LogP contribution in [0.3, 0.4) is 0 Å². The Morgan fingerprint density at radius 3 is 2.63 bits per heavy atom. The van der Waals surface area contributed by atoms with E-state index in [9.17, 15) is 4.79 Å². The Bertz CT molecular complexity index is 1170. The molecule has 0 saturated carbocycles. The van der Waals surface area contributed by atoms with Crippen LogP contribution in [0, 0.1) is 5.92 Å². The Kier molecular flexibility index (Phi) is 6.37. The van der Waals surface area contributed by atoms with Gasteiger partial charge in [0.15, 0.2) is 0 Å². The van der Waals surface area contributed by atoms with E-state index in [0.29, 0.717) is 19.3 Å². The number of hydrogen-bond acceptors (Lipinski definition) is 7. The number of nitrogens with one attached hydrogen (secondary N) is 3. The first-order valence-corrected chi connectivity index (χ1v) is 12.8. The molecule has 9 heteroatoms. The summed E-state index contributed by atoms with van der Waals surface area (Å²) < 4.78 is 5.48. The minimum absolute atomic E-state index is 0.0652. The number of piperidine rings is 1. The first kappa shape index (κ1) is 22.5. The molecule has 9 nitrogen and oxygen atoms in total. The van der Waals surface area contributed by atoms with E-state index in [-0.39, 0.29) is 11.8 Å². The van der Waals surface area contributed by atoms with Crippen molar-refractivity contribution in [2.45, 2.75) is 25.3 Å². The van der Waals surface area contributed by atoms with Crippen LogP contribution >= 0.6 is 0 Å². The number of aromatic amines is 1. The molecular weight excluding hydrogens is 442 g/mol. The Hall–Kier alpha value is -3.01. The van der Waals surface area contributed by atoms with Crippen molar-refractivity contribution < 1.29 is 9.53 Å². The van der Waals surface area contributed by atoms with Crippen molar-refractivity contribution in [3.63, 3.8) is 0 Å². The zero-order valence-corrected chi connectivity index (χ0v) is 20.0. The summed E-state index contributed by atoms with van der Waals surface area (Å²) >= 11 is 0. The lowest BCUT2D eigenvalue weighted by atomic mass is 10.0. The largest absolute Gasteiger partial charge is 0.378 e. The quantitative estimate of drug-likeness (QED) is 0.521. The summed E-state index contributed by atoms with van der Waals surface area (Å²) in [5, 5.41) is 7.58. The summed E-state index contributed by atoms with van der Waals surface area (Å²) in [6.45, 7) is 7.16. The Morgan fingerprint density at radius 2 is 1.83 bits per heavy atom. The van der Waals surface area contributed by atoms with Crippen LogP contribution in [0.5, 0.6) is 0 Å². The Balaban J connectivity index is 1.12. The molecule has 2 aromatic heterocycles. The van der Waals surface area contributed by atoms with Crippen LogP contribution in [0.25, 0.3) is 22.3 Å². The Labute approximate surface area is 205 Å². The van der Waals surface area contributed by atoms with Gasteiger partial charge in [-0.3, -0.25) is 9.69 Å². The van der Waals surface area contributed by atoms with Crippen LogP contribution in [0.1, 0.15) is 19.3 Å². The number of morpholine rings is 1. The predicted molar refractivity (Wildman–Crippen MR) is 137 cm³/mol. The first-order valence-electron chi connectivity index (χ1n) is 12.8. The second-order valence-corrected chi connectivity index (χ2v) is 9.77. The van der Waals surface area contributed by atoms with E-state index >= 15 is 0 Å². The number of amides is 1. The third-order valence-electron chi connectivity index (χ3n) is 7.59. The maximum Gasteiger partial charge on any atom is 0.228 e. The van der Waals surface area contributed by atoms with Crippen molar-refractivity contribution in [2.75, 3.05) is 62.7 Å². The summed E-state index contributed by atoms with van der Waals surface area (Å²) in [6.07, 6.45) is 4.92. The summed E-state index contributed by atoms with van der Waals surface area (Å²) in [7, 11) is 0. The molecule has 0 spiro atoms. The van der Waals surface area contributed by atoms with Crippen LogP contribution in [0.4, 0.5) is 11.5 Å². The molecule has 0 radical (unpaired) electrons. The highest BCUT2D eigenvalue weighted by molar-refractivity contribution is 5.94. The molecule has 3 aliphatic heterocycles. The zero-order valence-electron chi connectivity index (χ0n) is 20.0. The topological polar surface area (TPSA) is 98.4 Å². The number of ether oxygens (including phenoxy) is 1. The highest BCUT2D eigenvalue weighted by atomic mass is 16.5. The molecule has 3 fully saturated rings. The van der Waals surface area contributed by atoms with Gasteiger partial charge in [-0.05, 0) is 62.7 Å². The fourth-order valence-corrected chi connectivity index (χ4v) is 5.59. The van der Waals surface area contributed by atoms with Gasteiger partial charge in [-0.15, -0.1) is 0 Å². The van der Waals surface area contributed by atoms with E-state index in [1.165, 1.54) is 12.8 Å². The number of carbonyl (C=O) groups excluding carboxylic acids is 1. The van der Waals surface area contributed by atoms with Crippen LogP contribution in [-0.4, -0.2) is 84.3 Å². The normalized spacial score (nSPS) is 22.1. The number of benzene rings is 1. The molecule has 1 aromatic carbocycles. The van der Waals surface area contributed by atoms with Gasteiger partial charge in [-0.1, -0.05) is 12.1 Å². The highest BCUT2D eigenvalue weighted by Gasteiger charge is 2.32. The lowest BCUT2D eigenvalue weighted by Crippen LogP contribution is -2.42. The fourth-order valence-electron chi connectivity index (χ4n) is 5.59. The molecule has 5 heterocycles. The number of anilines is 2. The molecule has 0 bridgehead atoms. The van der Waals surface area contributed by atoms with E-state index in [4.69, 9.17) is 4.74 Å². The van der Waals surface area contributed by atoms with Crippen LogP contribution in [-0.2, 0) is 9.53 Å². The number of H-pyrrole nitrogens is 1. The molecule has 6 rings (SSSR count). The molecule has 0 unspecified atom stereocenters. The summed E-state index contributed by atoms with van der Waals surface area (Å²) in [4.78, 5) is 30.1. The van der Waals surface area contributed by atoms with Crippen molar-refractivity contribution in [1.82, 2.24) is 25.2 Å². The smallest absolute Gasteiger partial charge is 0.228 e. The lowest BCUT2D eigenvalue weighted by Gasteiger charge is -2.31. The average molecular weight is 476 g/mol. The number of carbonyl (C=O) groups is 1. The molecule has 3 aromatic rings. The monoisotopic (exact) mass is 475 g/mol. The van der Waals surface area contributed by atoms with Gasteiger partial charge in [0.25, 0.3) is 0 Å². The number of likely N-dealkylation sites (tertiary alicyclic amines) is 1. The third-order valence-corrected chi connectivity index (χ3v) is 7.59. The number of fused-ring (bicyclic) bond motifs is 1. The molecule has 184 valence electrons. The van der Waals surface area contributed by atoms with Crippen molar-refractivity contribution in [2.24, 2.45) is 5.92 Å². The Morgan fingerprint density at radius 1 is 1.03 bits per heavy atom. The average Bonchev–Trinajstić information content (AvgIpc) is 3.58. The first-order chi connectivity index (χ1) is 17.2. The van der Waals surface area contributed by atoms with Crippen LogP contribution in [0.15, 0.2) is 36.7 Å². The van der Waals surface area contributed by atoms with Gasteiger partial charge in [-0.2, -0.15) is 0 Å². The van der Waals surface area contributed by atoms with Gasteiger partial charge in [0.2, 0.25) is 5.91 Å². The zero-order chi connectivity index (χ0) is 23.6. The fraction of sp³-hybridized carbons (Fsp3) is 0.500. The second kappa shape index (κ2) is 9.93. The molecular formula is C26H33N7O2. The number of nitrogens with zero attached hydrogens (tertiary/aromatic N) is 4. The number of rotatable bonds is 5. The molecule has 3 saturated heterocycles. The van der Waals surface area contributed by atoms with E-state index < -0.39 is 0 Å². The standard InChI is InChI=1S/C26H33N7O2/c34-26(19-7-10-33(16-19)21-5-8-27-9-6-21)30-20-3-1-18(2-4-20)23-15-22-24(31-23)28-17-29-25(22)32-11-13-35-14-12-32/h1-4,15,17,19,21,27H,5-14,16H2,(H,30,34)(H,28,29,31)/t19-/m1/s1. The lowest BCUT2D eigenvalue weighted by molar-refractivity contribution is -0.119. The SMILES string of the molecule is O=C(Nc1ccc(-c2cc3c(N4CCOCC4)ncnc3[nH]2)cc1)[C@@H]1CCN(C2CCNCC2)C1. The summed E-state index contributed by atoms with van der Waals surface area (Å²) in [6, 6.07) is 10.8. The third kappa shape index (κ3) is 4.76. The second-order valence-electron chi connectivity index (χ2n) is 9.77. The van der Waals surface area contributed by atoms with E-state index in [0.717, 1.165) is 79.5 Å². The van der Waals surface area contributed by atoms with Gasteiger partial charge in [0, 0.05) is 37.1 Å². The predicted octanol–water partition coefficient (Wildman–Crippen LogP) is 2.47. The van der Waals surface area contributed by atoms with Gasteiger partial charge in [0.05, 0.1) is 24.5 Å². The van der Waals surface area contributed by atoms with Crippen LogP contribution in [0.2, 0.25) is 0 Å². The van der Waals surface area contributed by atoms with Gasteiger partial charge >= 0.3 is 0 Å². The number of hydrogen-bond donors (Lipinski definition) is 3. The minimum Gasteiger partial charge on any atom is -0.378 e. The molecule has 1 atom stereocenters. The highest BCUT2D eigenvalue weighted by Crippen LogP contribution is 2.30. The van der Waals surface area contributed by atoms with Gasteiger partial charge in [0.1, 0.15) is 17.8 Å². The molecule has 3 N–H and O–H groups in total. The molecule has 35 heavy (non-hydrogen) atoms. The van der Waals surface area contributed by atoms with Gasteiger partial charge < -0.3 is 25.3 Å². The van der Waals surface area contributed by atoms with E-state index in [1.807, 2.05) is 24.3 Å². The van der Waals surface area contributed by atoms with E-state index in [2.05, 4.69) is 41.5 Å². The maximum atomic E-state index is 12.9. The summed E-state index contributed by atoms with van der Waals surface area (Å²) in [5.41, 5.74) is 3.70. The number of aromatic nitrogens is 3. The minimum atomic E-state index is 0.0652. The van der Waals surface area contributed by atoms with Crippen molar-refractivity contribution in [3.05, 3.63) is 36.7 Å². The molecule has 1 amide bonds. The molecule has 3 aliphatic rings.